The van der Waals surface area contributed by atoms with Crippen LogP contribution >= 0.6 is 0 Å². The molecule has 334 valence electrons. The van der Waals surface area contributed by atoms with E-state index >= 15 is 0 Å². The molecule has 5 aliphatic rings. The van der Waals surface area contributed by atoms with Crippen molar-refractivity contribution in [3.63, 3.8) is 0 Å². The molecule has 61 heavy (non-hydrogen) atoms. The number of aliphatic imine (C=N–C) groups is 3. The monoisotopic (exact) mass is 849 g/mol. The van der Waals surface area contributed by atoms with Gasteiger partial charge in [0.1, 0.15) is 43.1 Å². The van der Waals surface area contributed by atoms with Gasteiger partial charge in [0.15, 0.2) is 12.2 Å². The quantitative estimate of drug-likeness (QED) is 0.0557. The number of amidine groups is 1. The smallest absolute Gasteiger partial charge is 0.199 e. The van der Waals surface area contributed by atoms with Gasteiger partial charge >= 0.3 is 0 Å². The molecule has 1 aromatic heterocycles. The highest BCUT2D eigenvalue weighted by molar-refractivity contribution is 6.02. The maximum absolute atomic E-state index is 10.3. The van der Waals surface area contributed by atoms with E-state index in [0.29, 0.717) is 19.3 Å². The molecule has 5 unspecified atom stereocenters. The zero-order valence-electron chi connectivity index (χ0n) is 35.4. The van der Waals surface area contributed by atoms with E-state index in [0.717, 1.165) is 54.3 Å². The molecule has 2 fully saturated rings. The maximum Gasteiger partial charge on any atom is 0.199 e. The van der Waals surface area contributed by atoms with E-state index in [1.165, 1.54) is 0 Å². The summed E-state index contributed by atoms with van der Waals surface area (Å²) in [5, 5.41) is 61.2. The van der Waals surface area contributed by atoms with Gasteiger partial charge in [0.25, 0.3) is 0 Å². The predicted octanol–water partition coefficient (Wildman–Crippen LogP) is 2.37. The maximum atomic E-state index is 10.3. The Morgan fingerprint density at radius 3 is 2.46 bits per heavy atom. The van der Waals surface area contributed by atoms with E-state index < -0.39 is 42.9 Å². The fraction of sp³-hybridized carbons (Fsp3) is 0.628. The SMILES string of the molecule is CC(C)N1C=NC2C1N=C(NC1CCC(NCOCOCC3C=CC(O[C@H]4O[C@H](C)[C@H](O)[C@H](O)[C@H]4O)C(N(O)O)C3)CC1)NC(=NCc1ccc(-c3ccccn3)cc1)[C@H]2C. The van der Waals surface area contributed by atoms with Crippen molar-refractivity contribution in [1.82, 2.24) is 31.1 Å². The fourth-order valence-electron chi connectivity index (χ4n) is 8.55. The summed E-state index contributed by atoms with van der Waals surface area (Å²) in [6.45, 7) is 9.25. The van der Waals surface area contributed by atoms with Gasteiger partial charge in [-0.3, -0.25) is 30.7 Å². The van der Waals surface area contributed by atoms with Gasteiger partial charge in [0, 0.05) is 41.7 Å². The number of pyridine rings is 1. The van der Waals surface area contributed by atoms with Crippen molar-refractivity contribution in [2.45, 2.75) is 140 Å². The van der Waals surface area contributed by atoms with Crippen LogP contribution in [0.5, 0.6) is 0 Å². The lowest BCUT2D eigenvalue weighted by Gasteiger charge is -2.42. The number of hydroxylamine groups is 2. The summed E-state index contributed by atoms with van der Waals surface area (Å²) in [6.07, 6.45) is 4.08. The minimum absolute atomic E-state index is 0.0365. The molecule has 3 aliphatic heterocycles. The number of hydrogen-bond donors (Lipinski definition) is 8. The fourth-order valence-corrected chi connectivity index (χ4v) is 8.55. The third kappa shape index (κ3) is 11.4. The summed E-state index contributed by atoms with van der Waals surface area (Å²) < 4.78 is 22.8. The average molecular weight is 850 g/mol. The Labute approximate surface area is 357 Å². The molecule has 8 N–H and O–H groups in total. The first-order valence-corrected chi connectivity index (χ1v) is 21.5. The molecule has 0 bridgehead atoms. The first-order chi connectivity index (χ1) is 29.4. The largest absolute Gasteiger partial charge is 0.388 e. The number of rotatable bonds is 15. The molecular weight excluding hydrogens is 787 g/mol. The molecule has 4 heterocycles. The van der Waals surface area contributed by atoms with Crippen molar-refractivity contribution in [1.29, 1.82) is 0 Å². The van der Waals surface area contributed by atoms with Gasteiger partial charge in [0.05, 0.1) is 50.2 Å². The van der Waals surface area contributed by atoms with Gasteiger partial charge in [-0.2, -0.15) is 0 Å². The molecule has 7 rings (SSSR count). The second-order valence-electron chi connectivity index (χ2n) is 17.0. The number of ether oxygens (including phenoxy) is 4. The second kappa shape index (κ2) is 21.0. The Balaban J connectivity index is 0.844. The van der Waals surface area contributed by atoms with Crippen molar-refractivity contribution in [2.24, 2.45) is 26.8 Å². The first kappa shape index (κ1) is 45.1. The molecule has 1 aromatic carbocycles. The Hall–Kier alpha value is -3.92. The van der Waals surface area contributed by atoms with Crippen LogP contribution in [0.3, 0.4) is 0 Å². The third-order valence-corrected chi connectivity index (χ3v) is 12.3. The van der Waals surface area contributed by atoms with E-state index in [1.807, 2.05) is 30.6 Å². The zero-order valence-corrected chi connectivity index (χ0v) is 35.4. The molecule has 1 saturated heterocycles. The molecule has 11 atom stereocenters. The van der Waals surface area contributed by atoms with E-state index in [9.17, 15) is 25.7 Å². The lowest BCUT2D eigenvalue weighted by molar-refractivity contribution is -0.361. The lowest BCUT2D eigenvalue weighted by Crippen LogP contribution is -2.59. The molecule has 2 aliphatic carbocycles. The van der Waals surface area contributed by atoms with Gasteiger partial charge in [-0.15, -0.1) is 0 Å². The highest BCUT2D eigenvalue weighted by Gasteiger charge is 2.45. The van der Waals surface area contributed by atoms with Crippen LogP contribution in [-0.2, 0) is 25.5 Å². The van der Waals surface area contributed by atoms with Gasteiger partial charge < -0.3 is 49.8 Å². The van der Waals surface area contributed by atoms with Crippen LogP contribution in [-0.4, -0.2) is 152 Å². The highest BCUT2D eigenvalue weighted by atomic mass is 16.8. The van der Waals surface area contributed by atoms with Crippen LogP contribution in [0.2, 0.25) is 0 Å². The Bertz CT molecular complexity index is 1810. The van der Waals surface area contributed by atoms with E-state index in [1.54, 1.807) is 19.2 Å². The van der Waals surface area contributed by atoms with Crippen LogP contribution < -0.4 is 16.0 Å². The van der Waals surface area contributed by atoms with E-state index in [4.69, 9.17) is 33.9 Å². The van der Waals surface area contributed by atoms with E-state index in [-0.39, 0.29) is 61.2 Å². The van der Waals surface area contributed by atoms with Crippen LogP contribution in [0.4, 0.5) is 0 Å². The summed E-state index contributed by atoms with van der Waals surface area (Å²) in [6, 6.07) is 14.2. The summed E-state index contributed by atoms with van der Waals surface area (Å²) >= 11 is 0. The minimum Gasteiger partial charge on any atom is -0.388 e. The Morgan fingerprint density at radius 1 is 0.967 bits per heavy atom. The molecular formula is C43H63N9O9. The number of aromatic nitrogens is 1. The molecule has 0 spiro atoms. The predicted molar refractivity (Wildman–Crippen MR) is 226 cm³/mol. The summed E-state index contributed by atoms with van der Waals surface area (Å²) in [5.74, 6) is 1.48. The summed E-state index contributed by atoms with van der Waals surface area (Å²) in [7, 11) is 0. The average Bonchev–Trinajstić information content (AvgIpc) is 3.64. The number of nitrogens with zero attached hydrogens (tertiary/aromatic N) is 6. The standard InChI is InChI=1S/C43H63N9O9/c1-25(2)51-22-46-36-26(3)40(45-20-28-8-11-30(12-9-28)33-7-5-6-18-44-33)49-43(50-41(36)51)48-32-15-13-31(14-16-32)47-23-59-24-58-21-29-10-17-35(34(19-29)52(56)57)61-42-39(55)38(54)37(53)27(4)60-42/h5-12,17-18,22,25-27,29,31-32,34-39,41-42,47,53-57H,13-16,19-21,23-24H2,1-4H3,(H2,45,48,49,50)/t26-,27+,29?,31?,32?,34?,35?,36?,37-,38-,39+,41?,42+/m0/s1. The van der Waals surface area contributed by atoms with Crippen molar-refractivity contribution in [2.75, 3.05) is 20.1 Å². The number of aliphatic hydroxyl groups excluding tert-OH is 3. The van der Waals surface area contributed by atoms with Crippen molar-refractivity contribution in [3.05, 3.63) is 66.4 Å². The number of aliphatic hydroxyl groups is 3. The third-order valence-electron chi connectivity index (χ3n) is 12.3. The first-order valence-electron chi connectivity index (χ1n) is 21.5. The number of benzene rings is 1. The van der Waals surface area contributed by atoms with Crippen LogP contribution in [0.1, 0.15) is 65.4 Å². The van der Waals surface area contributed by atoms with E-state index in [2.05, 4.69) is 70.9 Å². The van der Waals surface area contributed by atoms with Gasteiger partial charge in [-0.1, -0.05) is 54.6 Å². The summed E-state index contributed by atoms with van der Waals surface area (Å²) in [4.78, 5) is 21.9. The van der Waals surface area contributed by atoms with Crippen molar-refractivity contribution < 1.29 is 44.7 Å². The topological polar surface area (TPSA) is 231 Å². The van der Waals surface area contributed by atoms with Gasteiger partial charge in [-0.25, -0.2) is 4.99 Å². The number of hydrogen-bond acceptors (Lipinski definition) is 17. The minimum atomic E-state index is -1.51. The molecule has 0 radical (unpaired) electrons. The molecule has 0 amide bonds. The van der Waals surface area contributed by atoms with Gasteiger partial charge in [-0.05, 0) is 70.6 Å². The highest BCUT2D eigenvalue weighted by Crippen LogP contribution is 2.30. The molecule has 18 heteroatoms. The number of fused-ring (bicyclic) bond motifs is 1. The van der Waals surface area contributed by atoms with Crippen LogP contribution in [0, 0.1) is 11.8 Å². The van der Waals surface area contributed by atoms with Crippen molar-refractivity contribution in [3.8, 4) is 11.3 Å². The molecule has 2 aromatic rings. The normalized spacial score (nSPS) is 34.7. The molecule has 18 nitrogen and oxygen atoms in total. The number of nitrogens with one attached hydrogen (secondary N) is 3. The zero-order chi connectivity index (χ0) is 43.0. The summed E-state index contributed by atoms with van der Waals surface area (Å²) in [5.41, 5.74) is 3.13. The van der Waals surface area contributed by atoms with Crippen molar-refractivity contribution >= 4 is 18.1 Å². The molecule has 1 saturated carbocycles. The van der Waals surface area contributed by atoms with Crippen LogP contribution in [0.15, 0.2) is 75.8 Å². The van der Waals surface area contributed by atoms with Crippen LogP contribution in [0.25, 0.3) is 11.3 Å². The Kier molecular flexibility index (Phi) is 15.5. The second-order valence-corrected chi connectivity index (χ2v) is 17.0. The lowest BCUT2D eigenvalue weighted by atomic mass is 9.90. The Morgan fingerprint density at radius 2 is 1.74 bits per heavy atom. The van der Waals surface area contributed by atoms with Gasteiger partial charge in [0.2, 0.25) is 0 Å². The number of guanidine groups is 1.